The van der Waals surface area contributed by atoms with E-state index in [0.717, 1.165) is 30.3 Å². The first-order valence-electron chi connectivity index (χ1n) is 6.29. The summed E-state index contributed by atoms with van der Waals surface area (Å²) in [5, 5.41) is 3.22. The number of nitrogens with one attached hydrogen (secondary N) is 1. The number of ether oxygens (including phenoxy) is 1. The lowest BCUT2D eigenvalue weighted by molar-refractivity contribution is -0.0390. The lowest BCUT2D eigenvalue weighted by Gasteiger charge is -2.27. The molecule has 17 heavy (non-hydrogen) atoms. The molecule has 0 aliphatic rings. The zero-order valence-electron chi connectivity index (χ0n) is 11.5. The smallest absolute Gasteiger partial charge is 0.162 e. The molecule has 1 aromatic rings. The van der Waals surface area contributed by atoms with E-state index in [9.17, 15) is 0 Å². The highest BCUT2D eigenvalue weighted by molar-refractivity contribution is 5.36. The third-order valence-corrected chi connectivity index (χ3v) is 2.82. The maximum atomic E-state index is 5.80. The van der Waals surface area contributed by atoms with Crippen LogP contribution in [-0.2, 0) is 10.3 Å². The van der Waals surface area contributed by atoms with Crippen molar-refractivity contribution >= 4 is 5.82 Å². The monoisotopic (exact) mass is 237 g/mol. The van der Waals surface area contributed by atoms with Crippen molar-refractivity contribution < 1.29 is 4.74 Å². The van der Waals surface area contributed by atoms with Crippen molar-refractivity contribution in [2.75, 3.05) is 18.5 Å². The van der Waals surface area contributed by atoms with E-state index in [0.29, 0.717) is 6.61 Å². The van der Waals surface area contributed by atoms with Gasteiger partial charge in [-0.15, -0.1) is 0 Å². The fraction of sp³-hybridized carbons (Fsp3) is 0.692. The number of aryl methyl sites for hydroxylation is 1. The van der Waals surface area contributed by atoms with Crippen LogP contribution in [0.5, 0.6) is 0 Å². The average Bonchev–Trinajstić information content (AvgIpc) is 2.29. The molecule has 0 radical (unpaired) electrons. The van der Waals surface area contributed by atoms with E-state index < -0.39 is 5.60 Å². The fourth-order valence-electron chi connectivity index (χ4n) is 1.72. The van der Waals surface area contributed by atoms with Crippen molar-refractivity contribution in [2.24, 2.45) is 0 Å². The van der Waals surface area contributed by atoms with E-state index in [1.807, 2.05) is 26.8 Å². The largest absolute Gasteiger partial charge is 0.370 e. The first kappa shape index (κ1) is 13.9. The van der Waals surface area contributed by atoms with E-state index in [1.54, 1.807) is 0 Å². The molecule has 1 unspecified atom stereocenters. The molecule has 4 nitrogen and oxygen atoms in total. The highest BCUT2D eigenvalue weighted by atomic mass is 16.5. The standard InChI is InChI=1S/C13H23N3O/c1-6-13(5,17-8-3)12-15-10(4)9-11(16-12)14-7-2/h9H,6-8H2,1-5H3,(H,14,15,16). The van der Waals surface area contributed by atoms with Crippen LogP contribution in [0.1, 0.15) is 45.6 Å². The summed E-state index contributed by atoms with van der Waals surface area (Å²) in [5.41, 5.74) is 0.565. The van der Waals surface area contributed by atoms with E-state index >= 15 is 0 Å². The van der Waals surface area contributed by atoms with Gasteiger partial charge in [0.05, 0.1) is 0 Å². The summed E-state index contributed by atoms with van der Waals surface area (Å²) in [6.45, 7) is 11.7. The van der Waals surface area contributed by atoms with Gasteiger partial charge in [-0.3, -0.25) is 0 Å². The minimum absolute atomic E-state index is 0.398. The zero-order chi connectivity index (χ0) is 12.9. The Labute approximate surface area is 104 Å². The summed E-state index contributed by atoms with van der Waals surface area (Å²) in [7, 11) is 0. The first-order chi connectivity index (χ1) is 8.05. The molecular formula is C13H23N3O. The molecule has 0 aliphatic carbocycles. The SMILES string of the molecule is CCNc1cc(C)nc(C(C)(CC)OCC)n1. The molecule has 0 aliphatic heterocycles. The maximum Gasteiger partial charge on any atom is 0.162 e. The van der Waals surface area contributed by atoms with Gasteiger partial charge in [0, 0.05) is 24.9 Å². The van der Waals surface area contributed by atoms with Gasteiger partial charge in [0.15, 0.2) is 5.82 Å². The highest BCUT2D eigenvalue weighted by Crippen LogP contribution is 2.27. The van der Waals surface area contributed by atoms with E-state index in [1.165, 1.54) is 0 Å². The van der Waals surface area contributed by atoms with Crippen LogP contribution in [-0.4, -0.2) is 23.1 Å². The minimum atomic E-state index is -0.398. The third kappa shape index (κ3) is 3.40. The van der Waals surface area contributed by atoms with Crippen molar-refractivity contribution in [2.45, 2.75) is 46.6 Å². The van der Waals surface area contributed by atoms with Crippen molar-refractivity contribution in [3.63, 3.8) is 0 Å². The predicted octanol–water partition coefficient (Wildman–Crippen LogP) is 2.88. The second-order valence-corrected chi connectivity index (χ2v) is 4.27. The molecule has 4 heteroatoms. The van der Waals surface area contributed by atoms with Crippen LogP contribution < -0.4 is 5.32 Å². The van der Waals surface area contributed by atoms with Crippen molar-refractivity contribution in [3.05, 3.63) is 17.6 Å². The van der Waals surface area contributed by atoms with Crippen molar-refractivity contribution in [1.29, 1.82) is 0 Å². The second kappa shape index (κ2) is 5.96. The van der Waals surface area contributed by atoms with Crippen LogP contribution in [0.15, 0.2) is 6.07 Å². The molecule has 0 aromatic carbocycles. The summed E-state index contributed by atoms with van der Waals surface area (Å²) in [6, 6.07) is 1.95. The van der Waals surface area contributed by atoms with Crippen molar-refractivity contribution in [3.8, 4) is 0 Å². The van der Waals surface area contributed by atoms with Gasteiger partial charge >= 0.3 is 0 Å². The van der Waals surface area contributed by atoms with Gasteiger partial charge in [0.25, 0.3) is 0 Å². The summed E-state index contributed by atoms with van der Waals surface area (Å²) >= 11 is 0. The summed E-state index contributed by atoms with van der Waals surface area (Å²) < 4.78 is 5.80. The van der Waals surface area contributed by atoms with Gasteiger partial charge in [0.1, 0.15) is 11.4 Å². The molecular weight excluding hydrogens is 214 g/mol. The summed E-state index contributed by atoms with van der Waals surface area (Å²) in [5.74, 6) is 1.63. The molecule has 1 atom stereocenters. The fourth-order valence-corrected chi connectivity index (χ4v) is 1.72. The van der Waals surface area contributed by atoms with Crippen LogP contribution in [0.3, 0.4) is 0 Å². The number of aromatic nitrogens is 2. The van der Waals surface area contributed by atoms with Crippen LogP contribution in [0.25, 0.3) is 0 Å². The molecule has 0 saturated heterocycles. The first-order valence-corrected chi connectivity index (χ1v) is 6.29. The van der Waals surface area contributed by atoms with E-state index in [-0.39, 0.29) is 0 Å². The Hall–Kier alpha value is -1.16. The Morgan fingerprint density at radius 3 is 2.53 bits per heavy atom. The van der Waals surface area contributed by atoms with Crippen LogP contribution >= 0.6 is 0 Å². The van der Waals surface area contributed by atoms with E-state index in [4.69, 9.17) is 4.74 Å². The van der Waals surface area contributed by atoms with Gasteiger partial charge in [-0.1, -0.05) is 6.92 Å². The highest BCUT2D eigenvalue weighted by Gasteiger charge is 2.28. The van der Waals surface area contributed by atoms with Gasteiger partial charge in [-0.05, 0) is 34.1 Å². The summed E-state index contributed by atoms with van der Waals surface area (Å²) in [6.07, 6.45) is 0.857. The summed E-state index contributed by atoms with van der Waals surface area (Å²) in [4.78, 5) is 9.04. The minimum Gasteiger partial charge on any atom is -0.370 e. The quantitative estimate of drug-likeness (QED) is 0.826. The Balaban J connectivity index is 3.10. The number of nitrogens with zero attached hydrogens (tertiary/aromatic N) is 2. The molecule has 1 rings (SSSR count). The van der Waals surface area contributed by atoms with Gasteiger partial charge < -0.3 is 10.1 Å². The molecule has 96 valence electrons. The Bertz CT molecular complexity index is 368. The molecule has 1 aromatic heterocycles. The number of hydrogen-bond donors (Lipinski definition) is 1. The lowest BCUT2D eigenvalue weighted by atomic mass is 10.0. The maximum absolute atomic E-state index is 5.80. The molecule has 1 N–H and O–H groups in total. The lowest BCUT2D eigenvalue weighted by Crippen LogP contribution is -2.28. The molecule has 0 saturated carbocycles. The zero-order valence-corrected chi connectivity index (χ0v) is 11.5. The van der Waals surface area contributed by atoms with Crippen molar-refractivity contribution in [1.82, 2.24) is 9.97 Å². The third-order valence-electron chi connectivity index (χ3n) is 2.82. The Morgan fingerprint density at radius 1 is 1.29 bits per heavy atom. The average molecular weight is 237 g/mol. The second-order valence-electron chi connectivity index (χ2n) is 4.27. The number of anilines is 1. The topological polar surface area (TPSA) is 47.0 Å². The Morgan fingerprint density at radius 2 is 2.00 bits per heavy atom. The van der Waals surface area contributed by atoms with Crippen LogP contribution in [0.2, 0.25) is 0 Å². The molecule has 0 amide bonds. The molecule has 0 fully saturated rings. The number of rotatable bonds is 6. The van der Waals surface area contributed by atoms with Gasteiger partial charge in [-0.2, -0.15) is 0 Å². The molecule has 1 heterocycles. The Kier molecular flexibility index (Phi) is 4.87. The number of hydrogen-bond acceptors (Lipinski definition) is 4. The van der Waals surface area contributed by atoms with Crippen LogP contribution in [0, 0.1) is 6.92 Å². The normalized spacial score (nSPS) is 14.4. The van der Waals surface area contributed by atoms with Crippen LogP contribution in [0.4, 0.5) is 5.82 Å². The van der Waals surface area contributed by atoms with Gasteiger partial charge in [-0.25, -0.2) is 9.97 Å². The molecule has 0 bridgehead atoms. The molecule has 0 spiro atoms. The van der Waals surface area contributed by atoms with Gasteiger partial charge in [0.2, 0.25) is 0 Å². The van der Waals surface area contributed by atoms with E-state index in [2.05, 4.69) is 29.1 Å². The predicted molar refractivity (Wildman–Crippen MR) is 70.2 cm³/mol.